The average molecular weight is 284 g/mol. The Morgan fingerprint density at radius 2 is 2.10 bits per heavy atom. The number of nitrogen functional groups attached to an aromatic ring is 1. The van der Waals surface area contributed by atoms with Crippen LogP contribution >= 0.6 is 0 Å². The summed E-state index contributed by atoms with van der Waals surface area (Å²) in [6.07, 6.45) is 1.83. The van der Waals surface area contributed by atoms with E-state index in [0.29, 0.717) is 24.3 Å². The van der Waals surface area contributed by atoms with E-state index in [1.807, 2.05) is 38.2 Å². The lowest BCUT2D eigenvalue weighted by Gasteiger charge is -2.11. The molecule has 2 aromatic rings. The molecule has 0 fully saturated rings. The van der Waals surface area contributed by atoms with Crippen molar-refractivity contribution in [2.24, 2.45) is 0 Å². The number of aryl methyl sites for hydroxylation is 1. The molecule has 0 spiro atoms. The van der Waals surface area contributed by atoms with Crippen molar-refractivity contribution in [1.82, 2.24) is 10.3 Å². The summed E-state index contributed by atoms with van der Waals surface area (Å²) < 4.78 is 0. The highest BCUT2D eigenvalue weighted by Crippen LogP contribution is 2.20. The summed E-state index contributed by atoms with van der Waals surface area (Å²) in [6.45, 7) is 5.07. The number of nitrogens with zero attached hydrogens (tertiary/aromatic N) is 1. The standard InChI is InChI=1S/C16H20N4O/c1-3-18-16(21)13-6-7-15(14(17)8-13)20-10-12-5-4-11(2)19-9-12/h4-9,20H,3,10,17H2,1-2H3,(H,18,21). The highest BCUT2D eigenvalue weighted by molar-refractivity contribution is 5.96. The Bertz CT molecular complexity index is 623. The molecule has 1 heterocycles. The monoisotopic (exact) mass is 284 g/mol. The third-order valence-electron chi connectivity index (χ3n) is 3.11. The quantitative estimate of drug-likeness (QED) is 0.736. The zero-order valence-electron chi connectivity index (χ0n) is 12.3. The SMILES string of the molecule is CCNC(=O)c1ccc(NCc2ccc(C)nc2)c(N)c1. The van der Waals surface area contributed by atoms with Gasteiger partial charge in [-0.3, -0.25) is 9.78 Å². The molecule has 0 atom stereocenters. The van der Waals surface area contributed by atoms with Gasteiger partial charge in [-0.15, -0.1) is 0 Å². The Kier molecular flexibility index (Phi) is 4.77. The summed E-state index contributed by atoms with van der Waals surface area (Å²) in [5.74, 6) is -0.113. The van der Waals surface area contributed by atoms with E-state index in [-0.39, 0.29) is 5.91 Å². The smallest absolute Gasteiger partial charge is 0.251 e. The van der Waals surface area contributed by atoms with Crippen LogP contribution in [0, 0.1) is 6.92 Å². The van der Waals surface area contributed by atoms with Crippen LogP contribution in [-0.2, 0) is 6.54 Å². The minimum absolute atomic E-state index is 0.113. The predicted molar refractivity (Wildman–Crippen MR) is 85.2 cm³/mol. The van der Waals surface area contributed by atoms with E-state index in [2.05, 4.69) is 15.6 Å². The van der Waals surface area contributed by atoms with E-state index < -0.39 is 0 Å². The van der Waals surface area contributed by atoms with Crippen LogP contribution in [0.5, 0.6) is 0 Å². The van der Waals surface area contributed by atoms with Gasteiger partial charge in [0.15, 0.2) is 0 Å². The topological polar surface area (TPSA) is 80.0 Å². The van der Waals surface area contributed by atoms with Crippen LogP contribution in [0.25, 0.3) is 0 Å². The lowest BCUT2D eigenvalue weighted by molar-refractivity contribution is 0.0956. The third-order valence-corrected chi connectivity index (χ3v) is 3.11. The second-order valence-corrected chi connectivity index (χ2v) is 4.82. The number of pyridine rings is 1. The van der Waals surface area contributed by atoms with Gasteiger partial charge in [-0.05, 0) is 43.7 Å². The van der Waals surface area contributed by atoms with E-state index in [1.165, 1.54) is 0 Å². The molecule has 0 unspecified atom stereocenters. The lowest BCUT2D eigenvalue weighted by atomic mass is 10.1. The first-order valence-electron chi connectivity index (χ1n) is 6.93. The van der Waals surface area contributed by atoms with E-state index in [9.17, 15) is 4.79 Å². The van der Waals surface area contributed by atoms with Gasteiger partial charge in [0.2, 0.25) is 0 Å². The molecule has 0 radical (unpaired) electrons. The van der Waals surface area contributed by atoms with E-state index in [1.54, 1.807) is 12.1 Å². The number of rotatable bonds is 5. The normalized spacial score (nSPS) is 10.2. The Morgan fingerprint density at radius 3 is 2.71 bits per heavy atom. The van der Waals surface area contributed by atoms with Gasteiger partial charge in [0.1, 0.15) is 0 Å². The van der Waals surface area contributed by atoms with Crippen molar-refractivity contribution in [3.63, 3.8) is 0 Å². The number of carbonyl (C=O) groups excluding carboxylic acids is 1. The van der Waals surface area contributed by atoms with Crippen LogP contribution in [-0.4, -0.2) is 17.4 Å². The molecule has 0 aliphatic carbocycles. The number of amides is 1. The van der Waals surface area contributed by atoms with Crippen LogP contribution in [0.3, 0.4) is 0 Å². The molecule has 5 heteroatoms. The maximum atomic E-state index is 11.7. The average Bonchev–Trinajstić information content (AvgIpc) is 2.48. The van der Waals surface area contributed by atoms with Gasteiger partial charge in [0, 0.05) is 30.5 Å². The molecular weight excluding hydrogens is 264 g/mol. The Morgan fingerprint density at radius 1 is 1.29 bits per heavy atom. The first-order valence-corrected chi connectivity index (χ1v) is 6.93. The van der Waals surface area contributed by atoms with Gasteiger partial charge in [0.05, 0.1) is 11.4 Å². The molecule has 110 valence electrons. The van der Waals surface area contributed by atoms with E-state index >= 15 is 0 Å². The molecule has 0 saturated heterocycles. The van der Waals surface area contributed by atoms with Crippen LogP contribution in [0.2, 0.25) is 0 Å². The van der Waals surface area contributed by atoms with Crippen molar-refractivity contribution in [3.05, 3.63) is 53.3 Å². The van der Waals surface area contributed by atoms with Gasteiger partial charge < -0.3 is 16.4 Å². The molecule has 1 amide bonds. The molecule has 0 aliphatic heterocycles. The molecule has 0 bridgehead atoms. The summed E-state index contributed by atoms with van der Waals surface area (Å²) in [6, 6.07) is 9.26. The lowest BCUT2D eigenvalue weighted by Crippen LogP contribution is -2.22. The maximum absolute atomic E-state index is 11.7. The number of anilines is 2. The highest BCUT2D eigenvalue weighted by Gasteiger charge is 2.07. The summed E-state index contributed by atoms with van der Waals surface area (Å²) in [7, 11) is 0. The minimum atomic E-state index is -0.113. The molecule has 1 aromatic heterocycles. The Labute approximate surface area is 124 Å². The van der Waals surface area contributed by atoms with E-state index in [0.717, 1.165) is 16.9 Å². The number of hydrogen-bond acceptors (Lipinski definition) is 4. The van der Waals surface area contributed by atoms with Crippen molar-refractivity contribution < 1.29 is 4.79 Å². The molecule has 1 aromatic carbocycles. The molecular formula is C16H20N4O. The highest BCUT2D eigenvalue weighted by atomic mass is 16.1. The van der Waals surface area contributed by atoms with Crippen LogP contribution in [0.4, 0.5) is 11.4 Å². The zero-order chi connectivity index (χ0) is 15.2. The maximum Gasteiger partial charge on any atom is 0.251 e. The molecule has 5 nitrogen and oxygen atoms in total. The largest absolute Gasteiger partial charge is 0.397 e. The second kappa shape index (κ2) is 6.74. The van der Waals surface area contributed by atoms with Gasteiger partial charge in [-0.25, -0.2) is 0 Å². The van der Waals surface area contributed by atoms with Crippen molar-refractivity contribution in [1.29, 1.82) is 0 Å². The van der Waals surface area contributed by atoms with Crippen molar-refractivity contribution in [2.75, 3.05) is 17.6 Å². The molecule has 0 saturated carbocycles. The van der Waals surface area contributed by atoms with Crippen molar-refractivity contribution in [3.8, 4) is 0 Å². The fourth-order valence-electron chi connectivity index (χ4n) is 1.93. The first kappa shape index (κ1) is 14.8. The minimum Gasteiger partial charge on any atom is -0.397 e. The number of benzene rings is 1. The molecule has 21 heavy (non-hydrogen) atoms. The van der Waals surface area contributed by atoms with Gasteiger partial charge in [-0.2, -0.15) is 0 Å². The molecule has 4 N–H and O–H groups in total. The van der Waals surface area contributed by atoms with Crippen LogP contribution in [0.1, 0.15) is 28.5 Å². The van der Waals surface area contributed by atoms with Gasteiger partial charge >= 0.3 is 0 Å². The molecule has 2 rings (SSSR count). The Balaban J connectivity index is 2.04. The fraction of sp³-hybridized carbons (Fsp3) is 0.250. The number of nitrogens with one attached hydrogen (secondary N) is 2. The second-order valence-electron chi connectivity index (χ2n) is 4.82. The molecule has 0 aliphatic rings. The van der Waals surface area contributed by atoms with Gasteiger partial charge in [0.25, 0.3) is 5.91 Å². The predicted octanol–water partition coefficient (Wildman–Crippen LogP) is 2.33. The van der Waals surface area contributed by atoms with E-state index in [4.69, 9.17) is 5.73 Å². The summed E-state index contributed by atoms with van der Waals surface area (Å²) in [5.41, 5.74) is 9.98. The van der Waals surface area contributed by atoms with Crippen molar-refractivity contribution in [2.45, 2.75) is 20.4 Å². The summed E-state index contributed by atoms with van der Waals surface area (Å²) >= 11 is 0. The number of aromatic nitrogens is 1. The van der Waals surface area contributed by atoms with Crippen LogP contribution in [0.15, 0.2) is 36.5 Å². The summed E-state index contributed by atoms with van der Waals surface area (Å²) in [5, 5.41) is 6.00. The number of hydrogen-bond donors (Lipinski definition) is 3. The summed E-state index contributed by atoms with van der Waals surface area (Å²) in [4.78, 5) is 16.0. The third kappa shape index (κ3) is 3.95. The first-order chi connectivity index (χ1) is 10.1. The Hall–Kier alpha value is -2.56. The zero-order valence-corrected chi connectivity index (χ0v) is 12.3. The van der Waals surface area contributed by atoms with Gasteiger partial charge in [-0.1, -0.05) is 6.07 Å². The van der Waals surface area contributed by atoms with Crippen LogP contribution < -0.4 is 16.4 Å². The number of nitrogens with two attached hydrogens (primary N) is 1. The van der Waals surface area contributed by atoms with Crippen molar-refractivity contribution >= 4 is 17.3 Å². The fourth-order valence-corrected chi connectivity index (χ4v) is 1.93. The number of carbonyl (C=O) groups is 1.